The lowest BCUT2D eigenvalue weighted by molar-refractivity contribution is 0.221. The summed E-state index contributed by atoms with van der Waals surface area (Å²) < 4.78 is 0. The maximum Gasteiger partial charge on any atom is 0.0605 e. The predicted octanol–water partition coefficient (Wildman–Crippen LogP) is 1.13. The van der Waals surface area contributed by atoms with Gasteiger partial charge in [0, 0.05) is 12.1 Å². The van der Waals surface area contributed by atoms with E-state index in [4.69, 9.17) is 15.9 Å². The van der Waals surface area contributed by atoms with E-state index in [9.17, 15) is 0 Å². The Morgan fingerprint density at radius 1 is 1.23 bits per heavy atom. The summed E-state index contributed by atoms with van der Waals surface area (Å²) in [5.74, 6) is 0.743. The Kier molecular flexibility index (Phi) is 10.0. The van der Waals surface area contributed by atoms with Gasteiger partial charge in [0.15, 0.2) is 0 Å². The molecule has 0 aromatic carbocycles. The summed E-state index contributed by atoms with van der Waals surface area (Å²) in [6, 6.07) is 0. The van der Waals surface area contributed by atoms with Gasteiger partial charge in [-0.1, -0.05) is 13.8 Å². The largest absolute Gasteiger partial charge is 0.396 e. The Morgan fingerprint density at radius 2 is 1.62 bits per heavy atom. The van der Waals surface area contributed by atoms with Gasteiger partial charge in [-0.15, -0.1) is 0 Å². The predicted molar refractivity (Wildman–Crippen MR) is 56.5 cm³/mol. The third kappa shape index (κ3) is 24.5. The third-order valence-electron chi connectivity index (χ3n) is 1.35. The van der Waals surface area contributed by atoms with Crippen molar-refractivity contribution in [3.8, 4) is 0 Å². The number of nitrogens with two attached hydrogens (primary N) is 1. The van der Waals surface area contributed by atoms with Gasteiger partial charge in [-0.3, -0.25) is 0 Å². The average molecular weight is 191 g/mol. The molecule has 0 fully saturated rings. The second kappa shape index (κ2) is 8.48. The molecule has 0 aliphatic carbocycles. The van der Waals surface area contributed by atoms with Crippen LogP contribution in [-0.4, -0.2) is 29.0 Å². The van der Waals surface area contributed by atoms with Gasteiger partial charge in [-0.2, -0.15) is 0 Å². The molecule has 0 heterocycles. The van der Waals surface area contributed by atoms with Crippen molar-refractivity contribution in [1.29, 1.82) is 0 Å². The molecule has 0 radical (unpaired) electrons. The Bertz CT molecular complexity index is 97.6. The highest BCUT2D eigenvalue weighted by Gasteiger charge is 2.05. The summed E-state index contributed by atoms with van der Waals surface area (Å²) in [7, 11) is 0. The van der Waals surface area contributed by atoms with Gasteiger partial charge >= 0.3 is 0 Å². The molecule has 0 amide bonds. The van der Waals surface area contributed by atoms with E-state index in [1.165, 1.54) is 0 Å². The molecule has 0 aliphatic rings. The van der Waals surface area contributed by atoms with E-state index in [0.717, 1.165) is 18.8 Å². The number of aliphatic hydroxyl groups excluding tert-OH is 2. The molecular weight excluding hydrogens is 166 g/mol. The van der Waals surface area contributed by atoms with E-state index in [1.54, 1.807) is 13.8 Å². The fraction of sp³-hybridized carbons (Fsp3) is 1.00. The molecule has 0 aromatic rings. The first-order valence-corrected chi connectivity index (χ1v) is 4.84. The lowest BCUT2D eigenvalue weighted by Gasteiger charge is -2.12. The maximum absolute atomic E-state index is 8.32. The van der Waals surface area contributed by atoms with Gasteiger partial charge in [0.05, 0.1) is 6.61 Å². The van der Waals surface area contributed by atoms with Crippen molar-refractivity contribution in [3.63, 3.8) is 0 Å². The molecule has 0 bridgehead atoms. The lowest BCUT2D eigenvalue weighted by Crippen LogP contribution is -2.35. The molecule has 0 spiro atoms. The smallest absolute Gasteiger partial charge is 0.0605 e. The summed E-state index contributed by atoms with van der Waals surface area (Å²) in [5, 5.41) is 16.6. The fourth-order valence-electron chi connectivity index (χ4n) is 0.500. The fourth-order valence-corrected chi connectivity index (χ4v) is 0.500. The zero-order valence-electron chi connectivity index (χ0n) is 9.38. The van der Waals surface area contributed by atoms with Crippen LogP contribution in [0.25, 0.3) is 0 Å². The SMILES string of the molecule is CC(C)(N)CO.CC(C)CCCO. The van der Waals surface area contributed by atoms with Gasteiger partial charge in [-0.25, -0.2) is 0 Å². The molecule has 82 valence electrons. The molecule has 3 heteroatoms. The van der Waals surface area contributed by atoms with E-state index >= 15 is 0 Å². The van der Waals surface area contributed by atoms with E-state index < -0.39 is 5.54 Å². The molecule has 0 unspecified atom stereocenters. The van der Waals surface area contributed by atoms with Crippen LogP contribution in [0.15, 0.2) is 0 Å². The molecular formula is C10H25NO2. The van der Waals surface area contributed by atoms with Crippen LogP contribution >= 0.6 is 0 Å². The van der Waals surface area contributed by atoms with E-state index in [-0.39, 0.29) is 6.61 Å². The minimum absolute atomic E-state index is 0.0486. The Balaban J connectivity index is 0. The molecule has 0 saturated carbocycles. The summed E-state index contributed by atoms with van der Waals surface area (Å²) in [4.78, 5) is 0. The standard InChI is InChI=1S/C6H14O.C4H11NO/c1-6(2)4-3-5-7;1-4(2,5)3-6/h6-7H,3-5H2,1-2H3;6H,3,5H2,1-2H3. The first kappa shape index (κ1) is 15.4. The van der Waals surface area contributed by atoms with Crippen molar-refractivity contribution in [3.05, 3.63) is 0 Å². The van der Waals surface area contributed by atoms with Crippen molar-refractivity contribution in [2.24, 2.45) is 11.7 Å². The van der Waals surface area contributed by atoms with E-state index in [2.05, 4.69) is 13.8 Å². The lowest BCUT2D eigenvalue weighted by atomic mass is 10.1. The molecule has 4 N–H and O–H groups in total. The second-order valence-electron chi connectivity index (χ2n) is 4.41. The minimum atomic E-state index is -0.403. The summed E-state index contributed by atoms with van der Waals surface area (Å²) in [6.45, 7) is 8.26. The van der Waals surface area contributed by atoms with Crippen LogP contribution in [0.2, 0.25) is 0 Å². The monoisotopic (exact) mass is 191 g/mol. The van der Waals surface area contributed by atoms with Crippen LogP contribution in [0, 0.1) is 5.92 Å². The highest BCUT2D eigenvalue weighted by atomic mass is 16.3. The van der Waals surface area contributed by atoms with Crippen LogP contribution in [0.3, 0.4) is 0 Å². The third-order valence-corrected chi connectivity index (χ3v) is 1.35. The first-order valence-electron chi connectivity index (χ1n) is 4.84. The van der Waals surface area contributed by atoms with Crippen LogP contribution in [0.5, 0.6) is 0 Å². The van der Waals surface area contributed by atoms with Crippen LogP contribution in [0.1, 0.15) is 40.5 Å². The molecule has 13 heavy (non-hydrogen) atoms. The number of aliphatic hydroxyl groups is 2. The average Bonchev–Trinajstić information content (AvgIpc) is 2.01. The number of hydrogen-bond acceptors (Lipinski definition) is 3. The highest BCUT2D eigenvalue weighted by molar-refractivity contribution is 4.67. The molecule has 3 nitrogen and oxygen atoms in total. The quantitative estimate of drug-likeness (QED) is 0.624. The van der Waals surface area contributed by atoms with Crippen molar-refractivity contribution >= 4 is 0 Å². The summed E-state index contributed by atoms with van der Waals surface area (Å²) in [6.07, 6.45) is 2.11. The molecule has 0 saturated heterocycles. The molecule has 0 aliphatic heterocycles. The van der Waals surface area contributed by atoms with Crippen LogP contribution < -0.4 is 5.73 Å². The van der Waals surface area contributed by atoms with E-state index in [0.29, 0.717) is 6.61 Å². The van der Waals surface area contributed by atoms with Crippen molar-refractivity contribution < 1.29 is 10.2 Å². The maximum atomic E-state index is 8.32. The van der Waals surface area contributed by atoms with Crippen molar-refractivity contribution in [2.75, 3.05) is 13.2 Å². The van der Waals surface area contributed by atoms with Gasteiger partial charge in [0.2, 0.25) is 0 Å². The summed E-state index contributed by atoms with van der Waals surface area (Å²) in [5.41, 5.74) is 4.88. The number of rotatable bonds is 4. The Morgan fingerprint density at radius 3 is 1.69 bits per heavy atom. The second-order valence-corrected chi connectivity index (χ2v) is 4.41. The molecule has 0 rings (SSSR count). The van der Waals surface area contributed by atoms with Gasteiger partial charge in [-0.05, 0) is 32.6 Å². The Labute approximate surface area is 82.0 Å². The van der Waals surface area contributed by atoms with Crippen molar-refractivity contribution in [1.82, 2.24) is 0 Å². The summed E-state index contributed by atoms with van der Waals surface area (Å²) >= 11 is 0. The molecule has 0 atom stereocenters. The highest BCUT2D eigenvalue weighted by Crippen LogP contribution is 2.00. The van der Waals surface area contributed by atoms with Gasteiger partial charge in [0.1, 0.15) is 0 Å². The zero-order valence-corrected chi connectivity index (χ0v) is 9.38. The van der Waals surface area contributed by atoms with Crippen LogP contribution in [-0.2, 0) is 0 Å². The Hall–Kier alpha value is -0.120. The normalized spacial score (nSPS) is 11.1. The zero-order chi connectivity index (χ0) is 10.9. The minimum Gasteiger partial charge on any atom is -0.396 e. The van der Waals surface area contributed by atoms with Crippen molar-refractivity contribution in [2.45, 2.75) is 46.1 Å². The first-order chi connectivity index (χ1) is 5.83. The topological polar surface area (TPSA) is 66.5 Å². The molecule has 0 aromatic heterocycles. The van der Waals surface area contributed by atoms with Gasteiger partial charge < -0.3 is 15.9 Å². The van der Waals surface area contributed by atoms with Crippen LogP contribution in [0.4, 0.5) is 0 Å². The number of hydrogen-bond donors (Lipinski definition) is 3. The van der Waals surface area contributed by atoms with Gasteiger partial charge in [0.25, 0.3) is 0 Å². The van der Waals surface area contributed by atoms with E-state index in [1.807, 2.05) is 0 Å².